The first-order valence-electron chi connectivity index (χ1n) is 5.50. The van der Waals surface area contributed by atoms with Crippen molar-refractivity contribution in [3.63, 3.8) is 0 Å². The molecular formula is C12H13ClFNO2. The van der Waals surface area contributed by atoms with Gasteiger partial charge in [-0.25, -0.2) is 4.39 Å². The van der Waals surface area contributed by atoms with Crippen LogP contribution in [0.15, 0.2) is 18.2 Å². The summed E-state index contributed by atoms with van der Waals surface area (Å²) in [7, 11) is 0. The van der Waals surface area contributed by atoms with Crippen molar-refractivity contribution < 1.29 is 13.9 Å². The zero-order valence-electron chi connectivity index (χ0n) is 9.21. The molecule has 1 amide bonds. The highest BCUT2D eigenvalue weighted by Gasteiger charge is 2.21. The minimum absolute atomic E-state index is 0.0501. The number of anilines is 1. The van der Waals surface area contributed by atoms with E-state index in [1.165, 1.54) is 12.1 Å². The molecule has 0 unspecified atom stereocenters. The van der Waals surface area contributed by atoms with Gasteiger partial charge in [-0.15, -0.1) is 0 Å². The molecular weight excluding hydrogens is 245 g/mol. The van der Waals surface area contributed by atoms with Gasteiger partial charge in [0.1, 0.15) is 5.82 Å². The summed E-state index contributed by atoms with van der Waals surface area (Å²) in [4.78, 5) is 11.8. The molecule has 0 spiro atoms. The third kappa shape index (κ3) is 3.17. The highest BCUT2D eigenvalue weighted by molar-refractivity contribution is 6.30. The van der Waals surface area contributed by atoms with Crippen LogP contribution < -0.4 is 5.32 Å². The van der Waals surface area contributed by atoms with Crippen LogP contribution in [0.1, 0.15) is 12.8 Å². The summed E-state index contributed by atoms with van der Waals surface area (Å²) < 4.78 is 18.3. The number of carbonyl (C=O) groups excluding carboxylic acids is 1. The van der Waals surface area contributed by atoms with Crippen molar-refractivity contribution in [3.05, 3.63) is 29.0 Å². The molecule has 0 bridgehead atoms. The minimum atomic E-state index is -0.531. The zero-order valence-corrected chi connectivity index (χ0v) is 9.97. The van der Waals surface area contributed by atoms with Gasteiger partial charge < -0.3 is 10.1 Å². The molecule has 1 aromatic rings. The number of carbonyl (C=O) groups is 1. The number of hydrogen-bond donors (Lipinski definition) is 1. The summed E-state index contributed by atoms with van der Waals surface area (Å²) >= 11 is 5.56. The molecule has 0 aromatic heterocycles. The summed E-state index contributed by atoms with van der Waals surface area (Å²) in [5.41, 5.74) is 0.434. The number of benzene rings is 1. The molecule has 0 atom stereocenters. The lowest BCUT2D eigenvalue weighted by molar-refractivity contribution is -0.122. The van der Waals surface area contributed by atoms with E-state index < -0.39 is 5.82 Å². The molecule has 1 saturated heterocycles. The standard InChI is InChI=1S/C12H13ClFNO2/c13-10-2-1-9(7-11(10)14)15-12(16)8-3-5-17-6-4-8/h1-2,7-8H,3-6H2,(H,15,16). The van der Waals surface area contributed by atoms with Gasteiger partial charge in [-0.05, 0) is 31.0 Å². The maximum atomic E-state index is 13.2. The van der Waals surface area contributed by atoms with E-state index in [0.29, 0.717) is 31.7 Å². The van der Waals surface area contributed by atoms with Gasteiger partial charge in [0.05, 0.1) is 5.02 Å². The smallest absolute Gasteiger partial charge is 0.227 e. The first-order valence-corrected chi connectivity index (χ1v) is 5.88. The van der Waals surface area contributed by atoms with E-state index in [2.05, 4.69) is 5.32 Å². The van der Waals surface area contributed by atoms with Crippen molar-refractivity contribution in [2.24, 2.45) is 5.92 Å². The molecule has 1 aromatic carbocycles. The quantitative estimate of drug-likeness (QED) is 0.885. The van der Waals surface area contributed by atoms with Crippen LogP contribution >= 0.6 is 11.6 Å². The third-order valence-corrected chi connectivity index (χ3v) is 3.09. The average molecular weight is 258 g/mol. The monoisotopic (exact) mass is 257 g/mol. The number of rotatable bonds is 2. The highest BCUT2D eigenvalue weighted by atomic mass is 35.5. The van der Waals surface area contributed by atoms with Crippen LogP contribution in [0.25, 0.3) is 0 Å². The molecule has 0 saturated carbocycles. The Morgan fingerprint density at radius 1 is 1.41 bits per heavy atom. The first kappa shape index (κ1) is 12.3. The van der Waals surface area contributed by atoms with Gasteiger partial charge in [-0.2, -0.15) is 0 Å². The maximum absolute atomic E-state index is 13.2. The van der Waals surface area contributed by atoms with E-state index in [1.807, 2.05) is 0 Å². The van der Waals surface area contributed by atoms with E-state index in [0.717, 1.165) is 0 Å². The van der Waals surface area contributed by atoms with Gasteiger partial charge in [-0.1, -0.05) is 11.6 Å². The van der Waals surface area contributed by atoms with Crippen molar-refractivity contribution in [2.45, 2.75) is 12.8 Å². The average Bonchev–Trinajstić information content (AvgIpc) is 2.35. The molecule has 92 valence electrons. The number of amides is 1. The van der Waals surface area contributed by atoms with E-state index in [-0.39, 0.29) is 16.8 Å². The van der Waals surface area contributed by atoms with Crippen molar-refractivity contribution in [1.82, 2.24) is 0 Å². The minimum Gasteiger partial charge on any atom is -0.381 e. The Hall–Kier alpha value is -1.13. The maximum Gasteiger partial charge on any atom is 0.227 e. The highest BCUT2D eigenvalue weighted by Crippen LogP contribution is 2.21. The van der Waals surface area contributed by atoms with Gasteiger partial charge in [0, 0.05) is 24.8 Å². The molecule has 0 radical (unpaired) electrons. The number of ether oxygens (including phenoxy) is 1. The van der Waals surface area contributed by atoms with Crippen LogP contribution in [0.2, 0.25) is 5.02 Å². The molecule has 3 nitrogen and oxygen atoms in total. The van der Waals surface area contributed by atoms with Crippen LogP contribution in [0.3, 0.4) is 0 Å². The van der Waals surface area contributed by atoms with Crippen LogP contribution in [0.4, 0.5) is 10.1 Å². The van der Waals surface area contributed by atoms with Crippen molar-refractivity contribution in [3.8, 4) is 0 Å². The van der Waals surface area contributed by atoms with E-state index in [1.54, 1.807) is 6.07 Å². The van der Waals surface area contributed by atoms with Crippen molar-refractivity contribution in [1.29, 1.82) is 0 Å². The van der Waals surface area contributed by atoms with Crippen LogP contribution in [0.5, 0.6) is 0 Å². The van der Waals surface area contributed by atoms with E-state index in [4.69, 9.17) is 16.3 Å². The van der Waals surface area contributed by atoms with Gasteiger partial charge in [0.15, 0.2) is 0 Å². The third-order valence-electron chi connectivity index (χ3n) is 2.78. The van der Waals surface area contributed by atoms with Crippen molar-refractivity contribution in [2.75, 3.05) is 18.5 Å². The fourth-order valence-corrected chi connectivity index (χ4v) is 1.90. The summed E-state index contributed by atoms with van der Waals surface area (Å²) in [5.74, 6) is -0.672. The Morgan fingerprint density at radius 3 is 2.76 bits per heavy atom. The van der Waals surface area contributed by atoms with Gasteiger partial charge in [0.25, 0.3) is 0 Å². The Kier molecular flexibility index (Phi) is 3.97. The summed E-state index contributed by atoms with van der Waals surface area (Å²) in [6.45, 7) is 1.21. The Morgan fingerprint density at radius 2 is 2.12 bits per heavy atom. The largest absolute Gasteiger partial charge is 0.381 e. The molecule has 2 rings (SSSR count). The lowest BCUT2D eigenvalue weighted by atomic mass is 9.99. The fraction of sp³-hybridized carbons (Fsp3) is 0.417. The molecule has 1 N–H and O–H groups in total. The van der Waals surface area contributed by atoms with E-state index >= 15 is 0 Å². The number of nitrogens with one attached hydrogen (secondary N) is 1. The summed E-state index contributed by atoms with van der Waals surface area (Å²) in [6.07, 6.45) is 1.42. The summed E-state index contributed by atoms with van der Waals surface area (Å²) in [6, 6.07) is 4.23. The molecule has 0 aliphatic carbocycles. The molecule has 17 heavy (non-hydrogen) atoms. The van der Waals surface area contributed by atoms with Crippen LogP contribution in [0, 0.1) is 11.7 Å². The molecule has 1 aliphatic rings. The zero-order chi connectivity index (χ0) is 12.3. The summed E-state index contributed by atoms with van der Waals surface area (Å²) in [5, 5.41) is 2.74. The van der Waals surface area contributed by atoms with Crippen LogP contribution in [-0.4, -0.2) is 19.1 Å². The topological polar surface area (TPSA) is 38.3 Å². The van der Waals surface area contributed by atoms with Gasteiger partial charge in [0.2, 0.25) is 5.91 Å². The Bertz CT molecular complexity index is 419. The van der Waals surface area contributed by atoms with Crippen molar-refractivity contribution >= 4 is 23.2 Å². The second kappa shape index (κ2) is 5.47. The first-order chi connectivity index (χ1) is 8.16. The number of halogens is 2. The molecule has 1 aliphatic heterocycles. The SMILES string of the molecule is O=C(Nc1ccc(Cl)c(F)c1)C1CCOCC1. The van der Waals surface area contributed by atoms with Gasteiger partial charge in [-0.3, -0.25) is 4.79 Å². The predicted molar refractivity (Wildman–Crippen MR) is 63.6 cm³/mol. The normalized spacial score (nSPS) is 16.8. The fourth-order valence-electron chi connectivity index (χ4n) is 1.78. The Labute approximate surface area is 104 Å². The van der Waals surface area contributed by atoms with Gasteiger partial charge >= 0.3 is 0 Å². The number of hydrogen-bond acceptors (Lipinski definition) is 2. The van der Waals surface area contributed by atoms with E-state index in [9.17, 15) is 9.18 Å². The molecule has 1 heterocycles. The lowest BCUT2D eigenvalue weighted by Gasteiger charge is -2.21. The Balaban J connectivity index is 1.99. The lowest BCUT2D eigenvalue weighted by Crippen LogP contribution is -2.28. The second-order valence-corrected chi connectivity index (χ2v) is 4.41. The molecule has 1 fully saturated rings. The molecule has 5 heteroatoms. The second-order valence-electron chi connectivity index (χ2n) is 4.00. The predicted octanol–water partition coefficient (Wildman–Crippen LogP) is 2.84. The van der Waals surface area contributed by atoms with Crippen LogP contribution in [-0.2, 0) is 9.53 Å².